The van der Waals surface area contributed by atoms with Gasteiger partial charge in [-0.25, -0.2) is 22.9 Å². The van der Waals surface area contributed by atoms with Gasteiger partial charge in [-0.2, -0.15) is 0 Å². The van der Waals surface area contributed by atoms with Gasteiger partial charge in [0.15, 0.2) is 23.3 Å². The summed E-state index contributed by atoms with van der Waals surface area (Å²) in [5.41, 5.74) is 3.51. The third-order valence-electron chi connectivity index (χ3n) is 5.56. The number of hydrogen-bond acceptors (Lipinski definition) is 8. The number of halogens is 4. The molecule has 0 aliphatic heterocycles. The van der Waals surface area contributed by atoms with Gasteiger partial charge in [0.25, 0.3) is 0 Å². The third kappa shape index (κ3) is 5.69. The van der Waals surface area contributed by atoms with Crippen LogP contribution in [0.25, 0.3) is 16.7 Å². The maximum absolute atomic E-state index is 15.2. The number of nitrogen functional groups attached to an aromatic ring is 1. The van der Waals surface area contributed by atoms with Gasteiger partial charge in [0.05, 0.1) is 40.7 Å². The highest BCUT2D eigenvalue weighted by atomic mass is 35.5. The van der Waals surface area contributed by atoms with Gasteiger partial charge in [-0.05, 0) is 19.4 Å². The highest BCUT2D eigenvalue weighted by Gasteiger charge is 2.25. The maximum Gasteiger partial charge on any atom is 0.343 e. The fourth-order valence-corrected chi connectivity index (χ4v) is 3.87. The number of anilines is 2. The van der Waals surface area contributed by atoms with E-state index in [0.29, 0.717) is 12.5 Å². The molecule has 9 nitrogen and oxygen atoms in total. The minimum atomic E-state index is -1.20. The first-order valence-corrected chi connectivity index (χ1v) is 12.1. The molecule has 204 valence electrons. The average Bonchev–Trinajstić information content (AvgIpc) is 2.85. The average molecular weight is 555 g/mol. The number of carbonyl (C=O) groups is 2. The quantitative estimate of drug-likeness (QED) is 0.367. The highest BCUT2D eigenvalue weighted by molar-refractivity contribution is 6.38. The van der Waals surface area contributed by atoms with Crippen molar-refractivity contribution >= 4 is 45.9 Å². The van der Waals surface area contributed by atoms with Crippen molar-refractivity contribution in [2.24, 2.45) is 5.92 Å². The number of esters is 2. The summed E-state index contributed by atoms with van der Waals surface area (Å²) in [6.07, 6.45) is 0.675. The Balaban J connectivity index is 2.25. The summed E-state index contributed by atoms with van der Waals surface area (Å²) in [6.45, 7) is 6.49. The topological polar surface area (TPSA) is 126 Å². The number of aromatic nitrogens is 2. The van der Waals surface area contributed by atoms with Crippen molar-refractivity contribution in [3.63, 3.8) is 0 Å². The lowest BCUT2D eigenvalue weighted by Gasteiger charge is -2.21. The molecule has 1 atom stereocenters. The summed E-state index contributed by atoms with van der Waals surface area (Å²) in [5, 5.41) is 2.00. The van der Waals surface area contributed by atoms with Gasteiger partial charge in [-0.1, -0.05) is 32.4 Å². The molecule has 0 radical (unpaired) electrons. The molecule has 3 N–H and O–H groups in total. The molecule has 0 spiro atoms. The Morgan fingerprint density at radius 3 is 2.45 bits per heavy atom. The number of pyridine rings is 2. The van der Waals surface area contributed by atoms with Crippen molar-refractivity contribution in [3.05, 3.63) is 56.6 Å². The smallest absolute Gasteiger partial charge is 0.343 e. The van der Waals surface area contributed by atoms with E-state index in [1.54, 1.807) is 20.8 Å². The zero-order valence-electron chi connectivity index (χ0n) is 21.0. The van der Waals surface area contributed by atoms with Crippen LogP contribution < -0.4 is 16.5 Å². The minimum Gasteiger partial charge on any atom is -0.462 e. The van der Waals surface area contributed by atoms with Gasteiger partial charge < -0.3 is 20.5 Å². The molecule has 13 heteroatoms. The van der Waals surface area contributed by atoms with Crippen molar-refractivity contribution in [2.45, 2.75) is 40.2 Å². The lowest BCUT2D eigenvalue weighted by atomic mass is 10.1. The Bertz CT molecular complexity index is 1460. The first kappa shape index (κ1) is 28.8. The summed E-state index contributed by atoms with van der Waals surface area (Å²) < 4.78 is 55.1. The van der Waals surface area contributed by atoms with Crippen LogP contribution in [0.1, 0.15) is 44.5 Å². The zero-order valence-corrected chi connectivity index (χ0v) is 21.8. The number of ether oxygens (including phenoxy) is 2. The van der Waals surface area contributed by atoms with Crippen molar-refractivity contribution in [1.29, 1.82) is 0 Å². The van der Waals surface area contributed by atoms with Crippen molar-refractivity contribution in [2.75, 3.05) is 24.2 Å². The minimum absolute atomic E-state index is 0.0433. The number of nitrogens with two attached hydrogens (primary N) is 1. The molecular weight excluding hydrogens is 529 g/mol. The van der Waals surface area contributed by atoms with Gasteiger partial charge in [-0.3, -0.25) is 14.2 Å². The van der Waals surface area contributed by atoms with Crippen LogP contribution in [0, 0.1) is 23.4 Å². The molecule has 0 saturated carbocycles. The van der Waals surface area contributed by atoms with Gasteiger partial charge in [0.2, 0.25) is 5.43 Å². The van der Waals surface area contributed by atoms with Crippen LogP contribution in [0.4, 0.5) is 24.7 Å². The van der Waals surface area contributed by atoms with Crippen molar-refractivity contribution in [3.8, 4) is 5.82 Å². The Morgan fingerprint density at radius 2 is 1.84 bits per heavy atom. The molecule has 3 aromatic rings. The van der Waals surface area contributed by atoms with Gasteiger partial charge in [0, 0.05) is 12.3 Å². The summed E-state index contributed by atoms with van der Waals surface area (Å²) in [7, 11) is 0. The van der Waals surface area contributed by atoms with E-state index in [4.69, 9.17) is 26.8 Å². The van der Waals surface area contributed by atoms with Crippen LogP contribution in [0.3, 0.4) is 0 Å². The van der Waals surface area contributed by atoms with E-state index in [-0.39, 0.29) is 35.3 Å². The lowest BCUT2D eigenvalue weighted by molar-refractivity contribution is -0.152. The van der Waals surface area contributed by atoms with E-state index in [9.17, 15) is 23.2 Å². The van der Waals surface area contributed by atoms with E-state index < -0.39 is 63.5 Å². The Morgan fingerprint density at radius 1 is 1.16 bits per heavy atom. The summed E-state index contributed by atoms with van der Waals surface area (Å²) in [5.74, 6) is -6.44. The molecule has 0 aliphatic rings. The molecular formula is C25H26ClF3N4O5. The number of rotatable bonds is 9. The standard InChI is InChI=1S/C25H26ClF3N4O5/c1-5-12(38-24(35)11(3)4)9-31-19-15(27)7-13-20(18(19)26)33(10-14(21(13)34)25(36)37-6-2)23-17(29)8-16(28)22(30)32-23/h7-8,10-12,31H,5-6,9H2,1-4H3,(H2,30,32). The van der Waals surface area contributed by atoms with Crippen LogP contribution in [0.2, 0.25) is 5.02 Å². The molecule has 38 heavy (non-hydrogen) atoms. The number of benzene rings is 1. The maximum atomic E-state index is 15.2. The molecule has 0 saturated heterocycles. The fraction of sp³-hybridized carbons (Fsp3) is 0.360. The second kappa shape index (κ2) is 11.7. The van der Waals surface area contributed by atoms with Crippen LogP contribution in [-0.4, -0.2) is 40.7 Å². The molecule has 3 rings (SSSR count). The predicted molar refractivity (Wildman–Crippen MR) is 136 cm³/mol. The van der Waals surface area contributed by atoms with Crippen LogP contribution >= 0.6 is 11.6 Å². The van der Waals surface area contributed by atoms with Crippen molar-refractivity contribution < 1.29 is 32.2 Å². The molecule has 1 aromatic carbocycles. The predicted octanol–water partition coefficient (Wildman–Crippen LogP) is 4.61. The first-order valence-electron chi connectivity index (χ1n) is 11.7. The van der Waals surface area contributed by atoms with E-state index in [1.807, 2.05) is 0 Å². The Labute approximate surface area is 220 Å². The summed E-state index contributed by atoms with van der Waals surface area (Å²) >= 11 is 6.53. The largest absolute Gasteiger partial charge is 0.462 e. The van der Waals surface area contributed by atoms with E-state index >= 15 is 4.39 Å². The number of hydrogen-bond donors (Lipinski definition) is 2. The Hall–Kier alpha value is -3.80. The molecule has 0 bridgehead atoms. The second-order valence-electron chi connectivity index (χ2n) is 8.57. The van der Waals surface area contributed by atoms with E-state index in [0.717, 1.165) is 16.8 Å². The highest BCUT2D eigenvalue weighted by Crippen LogP contribution is 2.35. The molecule has 2 heterocycles. The summed E-state index contributed by atoms with van der Waals surface area (Å²) in [4.78, 5) is 41.3. The van der Waals surface area contributed by atoms with Crippen LogP contribution in [0.15, 0.2) is 23.1 Å². The normalized spacial score (nSPS) is 12.0. The second-order valence-corrected chi connectivity index (χ2v) is 8.95. The van der Waals surface area contributed by atoms with E-state index in [2.05, 4.69) is 10.3 Å². The first-order chi connectivity index (χ1) is 17.9. The van der Waals surface area contributed by atoms with Gasteiger partial charge in [-0.15, -0.1) is 0 Å². The monoisotopic (exact) mass is 554 g/mol. The van der Waals surface area contributed by atoms with Gasteiger partial charge in [0.1, 0.15) is 17.5 Å². The lowest BCUT2D eigenvalue weighted by Crippen LogP contribution is -2.28. The molecule has 0 amide bonds. The number of nitrogens with zero attached hydrogens (tertiary/aromatic N) is 2. The van der Waals surface area contributed by atoms with Crippen LogP contribution in [0.5, 0.6) is 0 Å². The van der Waals surface area contributed by atoms with E-state index in [1.165, 1.54) is 6.92 Å². The molecule has 2 aromatic heterocycles. The van der Waals surface area contributed by atoms with Crippen molar-refractivity contribution in [1.82, 2.24) is 9.55 Å². The number of carbonyl (C=O) groups excluding carboxylic acids is 2. The number of nitrogens with one attached hydrogen (secondary N) is 1. The summed E-state index contributed by atoms with van der Waals surface area (Å²) in [6, 6.07) is 1.29. The third-order valence-corrected chi connectivity index (χ3v) is 5.93. The molecule has 1 unspecified atom stereocenters. The molecule has 0 fully saturated rings. The number of fused-ring (bicyclic) bond motifs is 1. The zero-order chi connectivity index (χ0) is 28.3. The van der Waals surface area contributed by atoms with Crippen LogP contribution in [-0.2, 0) is 14.3 Å². The fourth-order valence-electron chi connectivity index (χ4n) is 3.52. The SMILES string of the molecule is CCOC(=O)c1cn(-c2nc(N)c(F)cc2F)c2c(Cl)c(NCC(CC)OC(=O)C(C)C)c(F)cc2c1=O. The molecule has 0 aliphatic carbocycles. The Kier molecular flexibility index (Phi) is 8.87. The van der Waals surface area contributed by atoms with Gasteiger partial charge >= 0.3 is 11.9 Å².